The summed E-state index contributed by atoms with van der Waals surface area (Å²) in [5, 5.41) is 21.2. The topological polar surface area (TPSA) is 270 Å². The molecule has 1 fully saturated rings. The molecule has 1 aromatic rings. The van der Waals surface area contributed by atoms with Crippen molar-refractivity contribution in [1.29, 1.82) is 0 Å². The molecule has 1 aliphatic rings. The molecule has 0 saturated carbocycles. The maximum atomic E-state index is 12.1. The lowest BCUT2D eigenvalue weighted by Gasteiger charge is -2.26. The Bertz CT molecular complexity index is 1120. The van der Waals surface area contributed by atoms with E-state index in [0.29, 0.717) is 0 Å². The summed E-state index contributed by atoms with van der Waals surface area (Å²) in [5.74, 6) is 4.43. The van der Waals surface area contributed by atoms with E-state index in [-0.39, 0.29) is 5.82 Å². The average molecular weight is 521 g/mol. The minimum absolute atomic E-state index is 0.154. The molecule has 32 heavy (non-hydrogen) atoms. The van der Waals surface area contributed by atoms with Crippen LogP contribution in [0, 0.1) is 11.8 Å². The Labute approximate surface area is 178 Å². The number of phosphoric ester groups is 1. The van der Waals surface area contributed by atoms with Crippen LogP contribution in [0.5, 0.6) is 0 Å². The van der Waals surface area contributed by atoms with E-state index in [0.717, 1.165) is 10.8 Å². The Morgan fingerprint density at radius 2 is 1.88 bits per heavy atom. The zero-order valence-electron chi connectivity index (χ0n) is 15.9. The summed E-state index contributed by atoms with van der Waals surface area (Å²) >= 11 is 0. The van der Waals surface area contributed by atoms with Gasteiger partial charge < -0.3 is 40.3 Å². The standard InChI is InChI=1S/C12H18N3O14P3/c1-2-4-12(18)9(16)7(27-10(12)15-5-3-8(13)14-11(15)17)6-26-31(22,23)29-32(24,25)28-30(19,20)21/h3,5,7,9-10,16,18H,6H2,1H3,(H,22,23)(H,24,25)(H2,13,14,17)(H2,19,20,21)/t7-,9+,10-,12?/m1/s1. The lowest BCUT2D eigenvalue weighted by molar-refractivity contribution is -0.0761. The highest BCUT2D eigenvalue weighted by Gasteiger charge is 2.56. The summed E-state index contributed by atoms with van der Waals surface area (Å²) in [4.78, 5) is 51.2. The Morgan fingerprint density at radius 1 is 1.25 bits per heavy atom. The first-order chi connectivity index (χ1) is 14.5. The van der Waals surface area contributed by atoms with Crippen LogP contribution in [0.15, 0.2) is 17.1 Å². The van der Waals surface area contributed by atoms with Crippen LogP contribution in [0.1, 0.15) is 13.2 Å². The van der Waals surface area contributed by atoms with Crippen molar-refractivity contribution in [2.75, 3.05) is 12.3 Å². The van der Waals surface area contributed by atoms with Gasteiger partial charge in [-0.2, -0.15) is 13.6 Å². The number of ether oxygens (including phenoxy) is 1. The Morgan fingerprint density at radius 3 is 2.41 bits per heavy atom. The molecule has 180 valence electrons. The summed E-state index contributed by atoms with van der Waals surface area (Å²) < 4.78 is 51.4. The largest absolute Gasteiger partial charge is 0.490 e. The fourth-order valence-electron chi connectivity index (χ4n) is 2.59. The van der Waals surface area contributed by atoms with Gasteiger partial charge in [0.15, 0.2) is 11.8 Å². The molecule has 0 amide bonds. The molecule has 20 heteroatoms. The van der Waals surface area contributed by atoms with Gasteiger partial charge in [0.2, 0.25) is 0 Å². The first kappa shape index (κ1) is 26.8. The van der Waals surface area contributed by atoms with Crippen LogP contribution in [0.3, 0.4) is 0 Å². The second-order valence-corrected chi connectivity index (χ2v) is 10.5. The van der Waals surface area contributed by atoms with Crippen LogP contribution in [0.25, 0.3) is 0 Å². The minimum atomic E-state index is -5.76. The highest BCUT2D eigenvalue weighted by atomic mass is 31.3. The van der Waals surface area contributed by atoms with Gasteiger partial charge in [-0.25, -0.2) is 18.5 Å². The molecule has 0 aromatic carbocycles. The van der Waals surface area contributed by atoms with E-state index in [2.05, 4.69) is 30.0 Å². The highest BCUT2D eigenvalue weighted by molar-refractivity contribution is 7.66. The van der Waals surface area contributed by atoms with Crippen molar-refractivity contribution in [3.8, 4) is 11.8 Å². The third kappa shape index (κ3) is 6.53. The van der Waals surface area contributed by atoms with Gasteiger partial charge >= 0.3 is 29.2 Å². The molecule has 0 bridgehead atoms. The molecule has 2 rings (SSSR count). The summed E-state index contributed by atoms with van der Waals surface area (Å²) in [6.07, 6.45) is -4.24. The molecule has 6 atom stereocenters. The quantitative estimate of drug-likeness (QED) is 0.147. The fourth-order valence-corrected chi connectivity index (χ4v) is 5.62. The molecule has 1 aromatic heterocycles. The monoisotopic (exact) mass is 521 g/mol. The van der Waals surface area contributed by atoms with E-state index in [1.165, 1.54) is 13.0 Å². The van der Waals surface area contributed by atoms with Crippen LogP contribution < -0.4 is 11.4 Å². The van der Waals surface area contributed by atoms with E-state index >= 15 is 0 Å². The second kappa shape index (κ2) is 9.41. The number of nitrogen functional groups attached to an aromatic ring is 1. The number of hydrogen-bond donors (Lipinski definition) is 7. The molecule has 0 aliphatic carbocycles. The predicted molar refractivity (Wildman–Crippen MR) is 101 cm³/mol. The summed E-state index contributed by atoms with van der Waals surface area (Å²) in [6.45, 7) is 0.206. The average Bonchev–Trinajstić information content (AvgIpc) is 2.82. The van der Waals surface area contributed by atoms with Crippen molar-refractivity contribution < 1.29 is 61.4 Å². The Balaban J connectivity index is 2.23. The third-order valence-corrected chi connectivity index (χ3v) is 7.53. The predicted octanol–water partition coefficient (Wildman–Crippen LogP) is -1.82. The van der Waals surface area contributed by atoms with E-state index < -0.39 is 59.8 Å². The maximum Gasteiger partial charge on any atom is 0.490 e. The van der Waals surface area contributed by atoms with Gasteiger partial charge in [-0.1, -0.05) is 5.92 Å². The second-order valence-electron chi connectivity index (χ2n) is 6.10. The number of nitrogens with zero attached hydrogens (tertiary/aromatic N) is 2. The normalized spacial score (nSPS) is 29.5. The SMILES string of the molecule is CC#CC1(O)[C@@H](O)[C@@H](COP(=O)(O)OP(=O)(O)OP(=O)(O)O)O[C@H]1n1ccc(N)nc1=O. The number of hydrogen-bond acceptors (Lipinski definition) is 12. The zero-order valence-corrected chi connectivity index (χ0v) is 18.5. The van der Waals surface area contributed by atoms with Crippen LogP contribution in [0.4, 0.5) is 5.82 Å². The van der Waals surface area contributed by atoms with E-state index in [9.17, 15) is 33.6 Å². The summed E-state index contributed by atoms with van der Waals surface area (Å²) in [6, 6.07) is 1.18. The Hall–Kier alpha value is -1.47. The molecule has 2 heterocycles. The first-order valence-corrected chi connectivity index (χ1v) is 12.6. The molecule has 17 nitrogen and oxygen atoms in total. The number of rotatable bonds is 8. The smallest absolute Gasteiger partial charge is 0.386 e. The van der Waals surface area contributed by atoms with Gasteiger partial charge in [-0.3, -0.25) is 9.09 Å². The minimum Gasteiger partial charge on any atom is -0.386 e. The Kier molecular flexibility index (Phi) is 7.88. The number of nitrogens with two attached hydrogens (primary N) is 1. The number of aliphatic hydroxyl groups is 2. The third-order valence-electron chi connectivity index (χ3n) is 3.73. The zero-order chi connectivity index (χ0) is 24.5. The van der Waals surface area contributed by atoms with E-state index in [1.54, 1.807) is 0 Å². The van der Waals surface area contributed by atoms with Gasteiger partial charge in [-0.05, 0) is 13.0 Å². The van der Waals surface area contributed by atoms with Crippen molar-refractivity contribution in [2.24, 2.45) is 0 Å². The van der Waals surface area contributed by atoms with Gasteiger partial charge in [0, 0.05) is 6.20 Å². The summed E-state index contributed by atoms with van der Waals surface area (Å²) in [7, 11) is -16.9. The van der Waals surface area contributed by atoms with Gasteiger partial charge in [0.05, 0.1) is 6.61 Å². The molecule has 0 radical (unpaired) electrons. The molecular weight excluding hydrogens is 503 g/mol. The molecule has 1 aliphatic heterocycles. The number of aromatic nitrogens is 2. The van der Waals surface area contributed by atoms with Gasteiger partial charge in [-0.15, -0.1) is 5.92 Å². The highest BCUT2D eigenvalue weighted by Crippen LogP contribution is 2.66. The number of phosphoric acid groups is 3. The van der Waals surface area contributed by atoms with Crippen LogP contribution in [-0.2, 0) is 31.6 Å². The molecular formula is C12H18N3O14P3. The number of aliphatic hydroxyl groups excluding tert-OH is 1. The molecule has 1 saturated heterocycles. The molecule has 8 N–H and O–H groups in total. The van der Waals surface area contributed by atoms with Gasteiger partial charge in [0.25, 0.3) is 0 Å². The molecule has 0 spiro atoms. The van der Waals surface area contributed by atoms with Gasteiger partial charge in [0.1, 0.15) is 18.0 Å². The number of anilines is 1. The van der Waals surface area contributed by atoms with E-state index in [4.69, 9.17) is 25.2 Å². The van der Waals surface area contributed by atoms with Crippen molar-refractivity contribution in [1.82, 2.24) is 9.55 Å². The fraction of sp³-hybridized carbons (Fsp3) is 0.500. The van der Waals surface area contributed by atoms with Crippen LogP contribution in [-0.4, -0.2) is 63.8 Å². The van der Waals surface area contributed by atoms with Crippen molar-refractivity contribution >= 4 is 29.3 Å². The van der Waals surface area contributed by atoms with Crippen LogP contribution in [0.2, 0.25) is 0 Å². The van der Waals surface area contributed by atoms with Crippen LogP contribution >= 0.6 is 23.5 Å². The molecule has 3 unspecified atom stereocenters. The summed E-state index contributed by atoms with van der Waals surface area (Å²) in [5.41, 5.74) is 1.95. The lowest BCUT2D eigenvalue weighted by Crippen LogP contribution is -2.47. The van der Waals surface area contributed by atoms with Crippen molar-refractivity contribution in [3.63, 3.8) is 0 Å². The first-order valence-electron chi connectivity index (χ1n) is 8.12. The lowest BCUT2D eigenvalue weighted by atomic mass is 9.94. The van der Waals surface area contributed by atoms with E-state index in [1.807, 2.05) is 0 Å². The van der Waals surface area contributed by atoms with Crippen molar-refractivity contribution in [2.45, 2.75) is 31.0 Å². The maximum absolute atomic E-state index is 12.1. The van der Waals surface area contributed by atoms with Crippen molar-refractivity contribution in [3.05, 3.63) is 22.7 Å².